The third kappa shape index (κ3) is 3.59. The molecule has 14 heavy (non-hydrogen) atoms. The van der Waals surface area contributed by atoms with Crippen molar-refractivity contribution in [2.24, 2.45) is 5.73 Å². The Kier molecular flexibility index (Phi) is 6.43. The highest BCUT2D eigenvalue weighted by Crippen LogP contribution is 2.11. The highest BCUT2D eigenvalue weighted by molar-refractivity contribution is 5.41. The van der Waals surface area contributed by atoms with Crippen LogP contribution in [0.3, 0.4) is 0 Å². The van der Waals surface area contributed by atoms with Gasteiger partial charge in [0.25, 0.3) is 0 Å². The fourth-order valence-corrected chi connectivity index (χ4v) is 1.03. The molecule has 1 rings (SSSR count). The van der Waals surface area contributed by atoms with Gasteiger partial charge in [-0.25, -0.2) is 0 Å². The number of nitrogens with zero attached hydrogens (tertiary/aromatic N) is 1. The summed E-state index contributed by atoms with van der Waals surface area (Å²) in [5.74, 6) is 0. The van der Waals surface area contributed by atoms with E-state index >= 15 is 0 Å². The highest BCUT2D eigenvalue weighted by Gasteiger charge is 1.99. The predicted octanol–water partition coefficient (Wildman–Crippen LogP) is 2.74. The van der Waals surface area contributed by atoms with Crippen LogP contribution in [0, 0.1) is 18.3 Å². The van der Waals surface area contributed by atoms with Crippen molar-refractivity contribution in [1.29, 1.82) is 5.26 Å². The first-order valence-electron chi connectivity index (χ1n) is 4.89. The monoisotopic (exact) mass is 190 g/mol. The number of hydrogen-bond acceptors (Lipinski definition) is 2. The van der Waals surface area contributed by atoms with Crippen LogP contribution in [0.4, 0.5) is 0 Å². The van der Waals surface area contributed by atoms with Crippen LogP contribution in [0.1, 0.15) is 37.0 Å². The molecule has 1 aromatic rings. The SMILES string of the molecule is CCC.Cc1c(C#N)cccc1CN. The normalized spacial score (nSPS) is 8.50. The summed E-state index contributed by atoms with van der Waals surface area (Å²) in [5.41, 5.74) is 8.22. The minimum atomic E-state index is 0.501. The zero-order chi connectivity index (χ0) is 11.0. The van der Waals surface area contributed by atoms with Gasteiger partial charge in [0.05, 0.1) is 11.6 Å². The van der Waals surface area contributed by atoms with Crippen LogP contribution in [0.25, 0.3) is 0 Å². The maximum atomic E-state index is 8.65. The molecule has 0 fully saturated rings. The van der Waals surface area contributed by atoms with Crippen molar-refractivity contribution in [3.8, 4) is 6.07 Å². The Morgan fingerprint density at radius 1 is 1.36 bits per heavy atom. The number of nitrogens with two attached hydrogens (primary N) is 1. The van der Waals surface area contributed by atoms with E-state index in [4.69, 9.17) is 11.0 Å². The fraction of sp³-hybridized carbons (Fsp3) is 0.417. The Morgan fingerprint density at radius 3 is 2.36 bits per heavy atom. The number of hydrogen-bond donors (Lipinski definition) is 1. The first kappa shape index (κ1) is 12.7. The molecular weight excluding hydrogens is 172 g/mol. The zero-order valence-electron chi connectivity index (χ0n) is 9.17. The molecular formula is C12H18N2. The third-order valence-electron chi connectivity index (χ3n) is 1.79. The summed E-state index contributed by atoms with van der Waals surface area (Å²) in [4.78, 5) is 0. The summed E-state index contributed by atoms with van der Waals surface area (Å²) in [7, 11) is 0. The average Bonchev–Trinajstić information content (AvgIpc) is 2.19. The maximum Gasteiger partial charge on any atom is 0.0994 e. The lowest BCUT2D eigenvalue weighted by Crippen LogP contribution is -1.99. The van der Waals surface area contributed by atoms with Gasteiger partial charge in [0.2, 0.25) is 0 Å². The molecule has 0 radical (unpaired) electrons. The highest BCUT2D eigenvalue weighted by atomic mass is 14.5. The van der Waals surface area contributed by atoms with E-state index in [0.29, 0.717) is 12.1 Å². The summed E-state index contributed by atoms with van der Waals surface area (Å²) in [6.45, 7) is 6.67. The van der Waals surface area contributed by atoms with Crippen LogP contribution in [0.5, 0.6) is 0 Å². The summed E-state index contributed by atoms with van der Waals surface area (Å²) in [6, 6.07) is 7.71. The van der Waals surface area contributed by atoms with Crippen molar-refractivity contribution < 1.29 is 0 Å². The van der Waals surface area contributed by atoms with Crippen molar-refractivity contribution in [3.63, 3.8) is 0 Å². The molecule has 0 unspecified atom stereocenters. The van der Waals surface area contributed by atoms with Gasteiger partial charge in [-0.2, -0.15) is 5.26 Å². The molecule has 0 saturated carbocycles. The largest absolute Gasteiger partial charge is 0.326 e. The van der Waals surface area contributed by atoms with E-state index in [-0.39, 0.29) is 0 Å². The lowest BCUT2D eigenvalue weighted by atomic mass is 10.0. The zero-order valence-corrected chi connectivity index (χ0v) is 9.17. The summed E-state index contributed by atoms with van der Waals surface area (Å²) in [6.07, 6.45) is 1.25. The molecule has 0 aromatic heterocycles. The molecule has 2 nitrogen and oxygen atoms in total. The topological polar surface area (TPSA) is 49.8 Å². The number of benzene rings is 1. The van der Waals surface area contributed by atoms with Crippen LogP contribution < -0.4 is 5.73 Å². The molecule has 0 spiro atoms. The molecule has 0 atom stereocenters. The molecule has 0 aliphatic rings. The van der Waals surface area contributed by atoms with E-state index in [1.807, 2.05) is 19.1 Å². The Balaban J connectivity index is 0.000000500. The molecule has 76 valence electrons. The van der Waals surface area contributed by atoms with Gasteiger partial charge in [-0.3, -0.25) is 0 Å². The molecule has 0 amide bonds. The Bertz CT molecular complexity index is 311. The molecule has 1 aromatic carbocycles. The second-order valence-electron chi connectivity index (χ2n) is 3.11. The van der Waals surface area contributed by atoms with Crippen LogP contribution in [0.2, 0.25) is 0 Å². The van der Waals surface area contributed by atoms with Crippen LogP contribution in [0.15, 0.2) is 18.2 Å². The Morgan fingerprint density at radius 2 is 1.93 bits per heavy atom. The van der Waals surface area contributed by atoms with E-state index in [0.717, 1.165) is 11.1 Å². The van der Waals surface area contributed by atoms with E-state index in [2.05, 4.69) is 19.9 Å². The van der Waals surface area contributed by atoms with E-state index in [1.54, 1.807) is 6.07 Å². The molecule has 0 aliphatic carbocycles. The quantitative estimate of drug-likeness (QED) is 0.740. The van der Waals surface area contributed by atoms with Gasteiger partial charge in [0.15, 0.2) is 0 Å². The van der Waals surface area contributed by atoms with E-state index < -0.39 is 0 Å². The van der Waals surface area contributed by atoms with Crippen LogP contribution in [-0.4, -0.2) is 0 Å². The average molecular weight is 190 g/mol. The fourth-order valence-electron chi connectivity index (χ4n) is 1.03. The van der Waals surface area contributed by atoms with Crippen molar-refractivity contribution in [1.82, 2.24) is 0 Å². The van der Waals surface area contributed by atoms with Gasteiger partial charge < -0.3 is 5.73 Å². The number of nitriles is 1. The van der Waals surface area contributed by atoms with Crippen molar-refractivity contribution >= 4 is 0 Å². The minimum Gasteiger partial charge on any atom is -0.326 e. The molecule has 0 saturated heterocycles. The lowest BCUT2D eigenvalue weighted by molar-refractivity contribution is 1.05. The van der Waals surface area contributed by atoms with Gasteiger partial charge >= 0.3 is 0 Å². The van der Waals surface area contributed by atoms with Crippen molar-refractivity contribution in [2.75, 3.05) is 0 Å². The lowest BCUT2D eigenvalue weighted by Gasteiger charge is -2.02. The molecule has 2 N–H and O–H groups in total. The predicted molar refractivity (Wildman–Crippen MR) is 59.8 cm³/mol. The summed E-state index contributed by atoms with van der Waals surface area (Å²) < 4.78 is 0. The van der Waals surface area contributed by atoms with Gasteiger partial charge in [0.1, 0.15) is 0 Å². The third-order valence-corrected chi connectivity index (χ3v) is 1.79. The summed E-state index contributed by atoms with van der Waals surface area (Å²) in [5, 5.41) is 8.65. The van der Waals surface area contributed by atoms with Crippen molar-refractivity contribution in [3.05, 3.63) is 34.9 Å². The van der Waals surface area contributed by atoms with Crippen molar-refractivity contribution in [2.45, 2.75) is 33.7 Å². The Hall–Kier alpha value is -1.33. The first-order valence-corrected chi connectivity index (χ1v) is 4.89. The molecule has 2 heteroatoms. The van der Waals surface area contributed by atoms with E-state index in [1.165, 1.54) is 6.42 Å². The second-order valence-corrected chi connectivity index (χ2v) is 3.11. The number of rotatable bonds is 1. The summed E-state index contributed by atoms with van der Waals surface area (Å²) >= 11 is 0. The van der Waals surface area contributed by atoms with Gasteiger partial charge in [0, 0.05) is 6.54 Å². The van der Waals surface area contributed by atoms with Gasteiger partial charge in [-0.1, -0.05) is 32.4 Å². The van der Waals surface area contributed by atoms with Gasteiger partial charge in [-0.05, 0) is 24.1 Å². The standard InChI is InChI=1S/C9H10N2.C3H8/c1-7-8(5-10)3-2-4-9(7)6-11;1-3-2/h2-4H,5,10H2,1H3;3H2,1-2H3. The smallest absolute Gasteiger partial charge is 0.0994 e. The second kappa shape index (κ2) is 7.11. The maximum absolute atomic E-state index is 8.65. The first-order chi connectivity index (χ1) is 6.71. The van der Waals surface area contributed by atoms with E-state index in [9.17, 15) is 0 Å². The van der Waals surface area contributed by atoms with Crippen LogP contribution in [-0.2, 0) is 6.54 Å². The van der Waals surface area contributed by atoms with Crippen LogP contribution >= 0.6 is 0 Å². The Labute approximate surface area is 86.4 Å². The molecule has 0 aliphatic heterocycles. The minimum absolute atomic E-state index is 0.501. The molecule has 0 heterocycles. The molecule has 0 bridgehead atoms. The van der Waals surface area contributed by atoms with Gasteiger partial charge in [-0.15, -0.1) is 0 Å².